The summed E-state index contributed by atoms with van der Waals surface area (Å²) >= 11 is 0. The van der Waals surface area contributed by atoms with E-state index in [1.807, 2.05) is 12.1 Å². The van der Waals surface area contributed by atoms with E-state index in [0.29, 0.717) is 5.92 Å². The van der Waals surface area contributed by atoms with E-state index in [4.69, 9.17) is 10.5 Å². The molecule has 0 aromatic heterocycles. The van der Waals surface area contributed by atoms with Gasteiger partial charge in [0, 0.05) is 5.92 Å². The van der Waals surface area contributed by atoms with E-state index in [1.54, 1.807) is 7.11 Å². The Kier molecular flexibility index (Phi) is 2.73. The summed E-state index contributed by atoms with van der Waals surface area (Å²) < 4.78 is 5.35. The third-order valence-corrected chi connectivity index (χ3v) is 2.98. The fourth-order valence-corrected chi connectivity index (χ4v) is 2.04. The van der Waals surface area contributed by atoms with Crippen molar-refractivity contribution in [3.05, 3.63) is 29.8 Å². The van der Waals surface area contributed by atoms with Crippen LogP contribution >= 0.6 is 0 Å². The van der Waals surface area contributed by atoms with Crippen molar-refractivity contribution in [2.45, 2.75) is 18.8 Å². The summed E-state index contributed by atoms with van der Waals surface area (Å²) in [5, 5.41) is 0. The van der Waals surface area contributed by atoms with Gasteiger partial charge in [0.2, 0.25) is 0 Å². The zero-order valence-corrected chi connectivity index (χ0v) is 8.57. The molecule has 14 heavy (non-hydrogen) atoms. The molecule has 1 aliphatic carbocycles. The summed E-state index contributed by atoms with van der Waals surface area (Å²) in [4.78, 5) is 0. The lowest BCUT2D eigenvalue weighted by molar-refractivity contribution is 0.402. The quantitative estimate of drug-likeness (QED) is 0.791. The second kappa shape index (κ2) is 4.01. The summed E-state index contributed by atoms with van der Waals surface area (Å²) in [6.07, 6.45) is 2.64. The van der Waals surface area contributed by atoms with Crippen molar-refractivity contribution in [2.24, 2.45) is 11.7 Å². The molecule has 0 amide bonds. The van der Waals surface area contributed by atoms with Crippen LogP contribution in [-0.4, -0.2) is 13.7 Å². The zero-order valence-electron chi connectivity index (χ0n) is 8.57. The van der Waals surface area contributed by atoms with Crippen LogP contribution in [0.15, 0.2) is 24.3 Å². The summed E-state index contributed by atoms with van der Waals surface area (Å²) in [6.45, 7) is 0.727. The first-order valence-corrected chi connectivity index (χ1v) is 5.19. The molecule has 1 aromatic carbocycles. The number of para-hydroxylation sites is 1. The van der Waals surface area contributed by atoms with Gasteiger partial charge in [-0.3, -0.25) is 0 Å². The standard InChI is InChI=1S/C12H17NO/c1-14-12-5-3-2-4-10(12)11(8-13)9-6-7-9/h2-5,9,11H,6-8,13H2,1H3. The van der Waals surface area contributed by atoms with Crippen LogP contribution in [0.25, 0.3) is 0 Å². The number of rotatable bonds is 4. The highest BCUT2D eigenvalue weighted by atomic mass is 16.5. The van der Waals surface area contributed by atoms with Crippen LogP contribution in [0.1, 0.15) is 24.3 Å². The van der Waals surface area contributed by atoms with Gasteiger partial charge in [0.05, 0.1) is 7.11 Å². The second-order valence-electron chi connectivity index (χ2n) is 3.92. The van der Waals surface area contributed by atoms with Crippen molar-refractivity contribution in [1.29, 1.82) is 0 Å². The van der Waals surface area contributed by atoms with E-state index in [-0.39, 0.29) is 0 Å². The van der Waals surface area contributed by atoms with E-state index in [1.165, 1.54) is 18.4 Å². The smallest absolute Gasteiger partial charge is 0.122 e. The predicted octanol–water partition coefficient (Wildman–Crippen LogP) is 2.15. The Hall–Kier alpha value is -1.02. The molecule has 0 bridgehead atoms. The molecule has 1 unspecified atom stereocenters. The van der Waals surface area contributed by atoms with Crippen LogP contribution < -0.4 is 10.5 Å². The van der Waals surface area contributed by atoms with Gasteiger partial charge in [-0.1, -0.05) is 18.2 Å². The Morgan fingerprint density at radius 3 is 2.71 bits per heavy atom. The lowest BCUT2D eigenvalue weighted by atomic mass is 9.93. The SMILES string of the molecule is COc1ccccc1C(CN)C1CC1. The average molecular weight is 191 g/mol. The van der Waals surface area contributed by atoms with Gasteiger partial charge in [-0.15, -0.1) is 0 Å². The van der Waals surface area contributed by atoms with Gasteiger partial charge in [-0.2, -0.15) is 0 Å². The van der Waals surface area contributed by atoms with Gasteiger partial charge in [-0.25, -0.2) is 0 Å². The van der Waals surface area contributed by atoms with Crippen LogP contribution in [0.5, 0.6) is 5.75 Å². The summed E-state index contributed by atoms with van der Waals surface area (Å²) in [5.41, 5.74) is 7.09. The third kappa shape index (κ3) is 1.75. The highest BCUT2D eigenvalue weighted by molar-refractivity contribution is 5.37. The molecule has 1 aliphatic rings. The van der Waals surface area contributed by atoms with Crippen LogP contribution in [-0.2, 0) is 0 Å². The first-order chi connectivity index (χ1) is 6.86. The van der Waals surface area contributed by atoms with Crippen molar-refractivity contribution in [3.63, 3.8) is 0 Å². The lowest BCUT2D eigenvalue weighted by Gasteiger charge is -2.17. The Balaban J connectivity index is 2.27. The van der Waals surface area contributed by atoms with Gasteiger partial charge >= 0.3 is 0 Å². The van der Waals surface area contributed by atoms with E-state index >= 15 is 0 Å². The van der Waals surface area contributed by atoms with Gasteiger partial charge in [0.1, 0.15) is 5.75 Å². The first kappa shape index (κ1) is 9.53. The monoisotopic (exact) mass is 191 g/mol. The number of ether oxygens (including phenoxy) is 1. The molecule has 0 aliphatic heterocycles. The third-order valence-electron chi connectivity index (χ3n) is 2.98. The van der Waals surface area contributed by atoms with Crippen LogP contribution in [0.2, 0.25) is 0 Å². The molecule has 2 N–H and O–H groups in total. The van der Waals surface area contributed by atoms with Crippen molar-refractivity contribution >= 4 is 0 Å². The Labute approximate surface area is 85.1 Å². The molecule has 2 rings (SSSR count). The number of nitrogens with two attached hydrogens (primary N) is 1. The van der Waals surface area contributed by atoms with Crippen molar-refractivity contribution < 1.29 is 4.74 Å². The maximum atomic E-state index is 5.81. The highest BCUT2D eigenvalue weighted by Gasteiger charge is 2.32. The minimum atomic E-state index is 0.492. The minimum absolute atomic E-state index is 0.492. The zero-order chi connectivity index (χ0) is 9.97. The topological polar surface area (TPSA) is 35.2 Å². The summed E-state index contributed by atoms with van der Waals surface area (Å²) in [6, 6.07) is 8.21. The van der Waals surface area contributed by atoms with E-state index in [2.05, 4.69) is 12.1 Å². The van der Waals surface area contributed by atoms with Crippen LogP contribution in [0.4, 0.5) is 0 Å². The molecule has 1 aromatic rings. The summed E-state index contributed by atoms with van der Waals surface area (Å²) in [7, 11) is 1.72. The van der Waals surface area contributed by atoms with E-state index in [0.717, 1.165) is 18.2 Å². The normalized spacial score (nSPS) is 17.9. The molecule has 76 valence electrons. The molecule has 2 heteroatoms. The fourth-order valence-electron chi connectivity index (χ4n) is 2.04. The number of hydrogen-bond acceptors (Lipinski definition) is 2. The molecule has 2 nitrogen and oxygen atoms in total. The largest absolute Gasteiger partial charge is 0.496 e. The molecule has 0 heterocycles. The van der Waals surface area contributed by atoms with Gasteiger partial charge in [0.25, 0.3) is 0 Å². The van der Waals surface area contributed by atoms with Crippen molar-refractivity contribution in [3.8, 4) is 5.75 Å². The molecular formula is C12H17NO. The van der Waals surface area contributed by atoms with Crippen molar-refractivity contribution in [2.75, 3.05) is 13.7 Å². The number of methoxy groups -OCH3 is 1. The molecule has 0 radical (unpaired) electrons. The van der Waals surface area contributed by atoms with Gasteiger partial charge < -0.3 is 10.5 Å². The van der Waals surface area contributed by atoms with Crippen LogP contribution in [0, 0.1) is 5.92 Å². The van der Waals surface area contributed by atoms with E-state index in [9.17, 15) is 0 Å². The Morgan fingerprint density at radius 2 is 2.14 bits per heavy atom. The van der Waals surface area contributed by atoms with E-state index < -0.39 is 0 Å². The Bertz CT molecular complexity index is 307. The fraction of sp³-hybridized carbons (Fsp3) is 0.500. The first-order valence-electron chi connectivity index (χ1n) is 5.19. The maximum absolute atomic E-state index is 5.81. The van der Waals surface area contributed by atoms with Crippen LogP contribution in [0.3, 0.4) is 0 Å². The lowest BCUT2D eigenvalue weighted by Crippen LogP contribution is -2.15. The van der Waals surface area contributed by atoms with Gasteiger partial charge in [-0.05, 0) is 36.9 Å². The molecule has 0 spiro atoms. The predicted molar refractivity (Wildman–Crippen MR) is 57.5 cm³/mol. The minimum Gasteiger partial charge on any atom is -0.496 e. The number of benzene rings is 1. The average Bonchev–Trinajstić information content (AvgIpc) is 3.04. The van der Waals surface area contributed by atoms with Gasteiger partial charge in [0.15, 0.2) is 0 Å². The molecule has 1 saturated carbocycles. The second-order valence-corrected chi connectivity index (χ2v) is 3.92. The molecule has 1 fully saturated rings. The molecule has 0 saturated heterocycles. The molecule has 1 atom stereocenters. The van der Waals surface area contributed by atoms with Crippen molar-refractivity contribution in [1.82, 2.24) is 0 Å². The highest BCUT2D eigenvalue weighted by Crippen LogP contribution is 2.44. The summed E-state index contributed by atoms with van der Waals surface area (Å²) in [5.74, 6) is 2.26. The Morgan fingerprint density at radius 1 is 1.43 bits per heavy atom. The molecular weight excluding hydrogens is 174 g/mol. The number of hydrogen-bond donors (Lipinski definition) is 1. The maximum Gasteiger partial charge on any atom is 0.122 e.